The van der Waals surface area contributed by atoms with Crippen LogP contribution in [0.2, 0.25) is 0 Å². The normalized spacial score (nSPS) is 12.8. The Hall–Kier alpha value is -0.410. The van der Waals surface area contributed by atoms with Crippen LogP contribution in [-0.2, 0) is 11.2 Å². The van der Waals surface area contributed by atoms with Gasteiger partial charge in [-0.1, -0.05) is 13.8 Å². The molecule has 1 unspecified atom stereocenters. The minimum Gasteiger partial charge on any atom is -0.378 e. The van der Waals surface area contributed by atoms with Crippen LogP contribution in [0, 0.1) is 12.8 Å². The van der Waals surface area contributed by atoms with E-state index in [4.69, 9.17) is 4.74 Å². The Morgan fingerprint density at radius 2 is 2.08 bits per heavy atom. The van der Waals surface area contributed by atoms with Crippen LogP contribution < -0.4 is 10.6 Å². The molecule has 1 aromatic heterocycles. The van der Waals surface area contributed by atoms with Gasteiger partial charge in [0.15, 0.2) is 5.96 Å². The smallest absolute Gasteiger partial charge is 0.191 e. The number of aromatic nitrogens is 1. The number of ether oxygens (including phenoxy) is 1. The van der Waals surface area contributed by atoms with Crippen molar-refractivity contribution in [2.45, 2.75) is 53.6 Å². The van der Waals surface area contributed by atoms with E-state index >= 15 is 0 Å². The summed E-state index contributed by atoms with van der Waals surface area (Å²) in [6.07, 6.45) is 2.15. The molecule has 0 saturated carbocycles. The Morgan fingerprint density at radius 3 is 2.62 bits per heavy atom. The lowest BCUT2D eigenvalue weighted by molar-refractivity contribution is 0.0266. The Balaban J connectivity index is 0.00000529. The fraction of sp³-hybridized carbons (Fsp3) is 0.765. The number of thiazole rings is 1. The third-order valence-corrected chi connectivity index (χ3v) is 4.31. The quantitative estimate of drug-likeness (QED) is 0.313. The van der Waals surface area contributed by atoms with Crippen LogP contribution in [0.1, 0.15) is 44.8 Å². The molecule has 0 saturated heterocycles. The Bertz CT molecular complexity index is 465. The van der Waals surface area contributed by atoms with Gasteiger partial charge in [-0.3, -0.25) is 4.99 Å². The standard InChI is InChI=1S/C17H32N4OS.HI/c1-6-18-17(19-10-8-15-12-23-14(5)21-15)20-11-9-16(13(3)4)22-7-2;/h12-13,16H,6-11H2,1-5H3,(H2,18,19,20);1H. The van der Waals surface area contributed by atoms with Gasteiger partial charge >= 0.3 is 0 Å². The number of hydrogen-bond acceptors (Lipinski definition) is 4. The zero-order valence-electron chi connectivity index (χ0n) is 15.6. The van der Waals surface area contributed by atoms with Crippen LogP contribution in [0.4, 0.5) is 0 Å². The molecule has 0 aliphatic carbocycles. The summed E-state index contributed by atoms with van der Waals surface area (Å²) in [7, 11) is 0. The first-order valence-corrected chi connectivity index (χ1v) is 9.49. The van der Waals surface area contributed by atoms with Crippen LogP contribution in [0.5, 0.6) is 0 Å². The lowest BCUT2D eigenvalue weighted by Crippen LogP contribution is -2.38. The molecule has 0 amide bonds. The van der Waals surface area contributed by atoms with Crippen LogP contribution in [0.3, 0.4) is 0 Å². The number of aryl methyl sites for hydroxylation is 1. The van der Waals surface area contributed by atoms with E-state index in [0.29, 0.717) is 5.92 Å². The minimum atomic E-state index is 0. The van der Waals surface area contributed by atoms with E-state index in [0.717, 1.165) is 55.7 Å². The summed E-state index contributed by atoms with van der Waals surface area (Å²) in [6, 6.07) is 0. The second-order valence-electron chi connectivity index (χ2n) is 5.82. The molecule has 0 bridgehead atoms. The number of guanidine groups is 1. The zero-order valence-corrected chi connectivity index (χ0v) is 18.7. The van der Waals surface area contributed by atoms with E-state index in [1.54, 1.807) is 11.3 Å². The van der Waals surface area contributed by atoms with Gasteiger partial charge in [0.05, 0.1) is 16.8 Å². The molecule has 0 fully saturated rings. The predicted octanol–water partition coefficient (Wildman–Crippen LogP) is 3.62. The van der Waals surface area contributed by atoms with Crippen LogP contribution in [-0.4, -0.2) is 43.3 Å². The maximum absolute atomic E-state index is 5.77. The SMILES string of the molecule is CCNC(=NCCC(OCC)C(C)C)NCCc1csc(C)n1.I. The van der Waals surface area contributed by atoms with E-state index in [1.165, 1.54) is 0 Å². The van der Waals surface area contributed by atoms with Crippen molar-refractivity contribution in [1.82, 2.24) is 15.6 Å². The minimum absolute atomic E-state index is 0. The molecule has 24 heavy (non-hydrogen) atoms. The number of rotatable bonds is 10. The van der Waals surface area contributed by atoms with E-state index in [1.807, 2.05) is 13.8 Å². The average molecular weight is 468 g/mol. The molecule has 0 radical (unpaired) electrons. The third kappa shape index (κ3) is 9.78. The number of halogens is 1. The molecule has 1 heterocycles. The van der Waals surface area contributed by atoms with Gasteiger partial charge in [-0.2, -0.15) is 0 Å². The van der Waals surface area contributed by atoms with Crippen molar-refractivity contribution in [1.29, 1.82) is 0 Å². The van der Waals surface area contributed by atoms with E-state index < -0.39 is 0 Å². The molecule has 140 valence electrons. The van der Waals surface area contributed by atoms with E-state index in [2.05, 4.69) is 46.8 Å². The summed E-state index contributed by atoms with van der Waals surface area (Å²) in [4.78, 5) is 9.13. The molecule has 0 aromatic carbocycles. The lowest BCUT2D eigenvalue weighted by atomic mass is 10.0. The highest BCUT2D eigenvalue weighted by atomic mass is 127. The second-order valence-corrected chi connectivity index (χ2v) is 6.88. The third-order valence-electron chi connectivity index (χ3n) is 3.49. The van der Waals surface area contributed by atoms with Crippen molar-refractivity contribution in [2.75, 3.05) is 26.2 Å². The van der Waals surface area contributed by atoms with Crippen LogP contribution >= 0.6 is 35.3 Å². The van der Waals surface area contributed by atoms with Gasteiger partial charge in [-0.05, 0) is 33.1 Å². The molecule has 0 spiro atoms. The van der Waals surface area contributed by atoms with Crippen molar-refractivity contribution in [3.8, 4) is 0 Å². The number of nitrogens with zero attached hydrogens (tertiary/aromatic N) is 2. The van der Waals surface area contributed by atoms with Gasteiger partial charge in [0.1, 0.15) is 0 Å². The first-order chi connectivity index (χ1) is 11.1. The molecular weight excluding hydrogens is 435 g/mol. The Kier molecular flexibility index (Phi) is 13.6. The van der Waals surface area contributed by atoms with E-state index in [-0.39, 0.29) is 30.1 Å². The van der Waals surface area contributed by atoms with E-state index in [9.17, 15) is 0 Å². The van der Waals surface area contributed by atoms with Crippen molar-refractivity contribution in [3.05, 3.63) is 16.1 Å². The first-order valence-electron chi connectivity index (χ1n) is 8.61. The summed E-state index contributed by atoms with van der Waals surface area (Å²) in [6.45, 7) is 13.8. The summed E-state index contributed by atoms with van der Waals surface area (Å²) in [5.74, 6) is 1.40. The zero-order chi connectivity index (χ0) is 17.1. The molecular formula is C17H33IN4OS. The maximum atomic E-state index is 5.77. The summed E-state index contributed by atoms with van der Waals surface area (Å²) in [5.41, 5.74) is 1.15. The monoisotopic (exact) mass is 468 g/mol. The van der Waals surface area contributed by atoms with Gasteiger partial charge in [-0.15, -0.1) is 35.3 Å². The van der Waals surface area contributed by atoms with Crippen molar-refractivity contribution >= 4 is 41.3 Å². The first kappa shape index (κ1) is 23.6. The largest absolute Gasteiger partial charge is 0.378 e. The highest BCUT2D eigenvalue weighted by Gasteiger charge is 2.12. The molecule has 1 aromatic rings. The van der Waals surface area contributed by atoms with Gasteiger partial charge in [0, 0.05) is 38.0 Å². The van der Waals surface area contributed by atoms with Gasteiger partial charge in [0.2, 0.25) is 0 Å². The Labute approximate surface area is 168 Å². The fourth-order valence-electron chi connectivity index (χ4n) is 2.30. The highest BCUT2D eigenvalue weighted by molar-refractivity contribution is 14.0. The molecule has 0 aliphatic heterocycles. The van der Waals surface area contributed by atoms with Gasteiger partial charge in [-0.25, -0.2) is 4.98 Å². The van der Waals surface area contributed by atoms with Crippen molar-refractivity contribution in [2.24, 2.45) is 10.9 Å². The molecule has 7 heteroatoms. The molecule has 0 aliphatic rings. The number of aliphatic imine (C=N–C) groups is 1. The van der Waals surface area contributed by atoms with Gasteiger partial charge in [0.25, 0.3) is 0 Å². The molecule has 1 rings (SSSR count). The average Bonchev–Trinajstić information content (AvgIpc) is 2.91. The topological polar surface area (TPSA) is 58.5 Å². The van der Waals surface area contributed by atoms with Crippen molar-refractivity contribution < 1.29 is 4.74 Å². The summed E-state index contributed by atoms with van der Waals surface area (Å²) in [5, 5.41) is 9.91. The van der Waals surface area contributed by atoms with Gasteiger partial charge < -0.3 is 15.4 Å². The second kappa shape index (κ2) is 13.8. The number of hydrogen-bond donors (Lipinski definition) is 2. The lowest BCUT2D eigenvalue weighted by Gasteiger charge is -2.20. The number of nitrogens with one attached hydrogen (secondary N) is 2. The summed E-state index contributed by atoms with van der Waals surface area (Å²) < 4.78 is 5.77. The maximum Gasteiger partial charge on any atom is 0.191 e. The fourth-order valence-corrected chi connectivity index (χ4v) is 2.95. The van der Waals surface area contributed by atoms with Crippen LogP contribution in [0.15, 0.2) is 10.4 Å². The predicted molar refractivity (Wildman–Crippen MR) is 115 cm³/mol. The molecule has 5 nitrogen and oxygen atoms in total. The Morgan fingerprint density at radius 1 is 1.33 bits per heavy atom. The van der Waals surface area contributed by atoms with Crippen molar-refractivity contribution in [3.63, 3.8) is 0 Å². The summed E-state index contributed by atoms with van der Waals surface area (Å²) >= 11 is 1.70. The highest BCUT2D eigenvalue weighted by Crippen LogP contribution is 2.11. The molecule has 2 N–H and O–H groups in total. The van der Waals surface area contributed by atoms with Crippen LogP contribution in [0.25, 0.3) is 0 Å². The molecule has 1 atom stereocenters.